The maximum atomic E-state index is 12.2. The first-order valence-corrected chi connectivity index (χ1v) is 8.78. The van der Waals surface area contributed by atoms with Gasteiger partial charge in [0.25, 0.3) is 0 Å². The van der Waals surface area contributed by atoms with Crippen LogP contribution >= 0.6 is 11.3 Å². The highest BCUT2D eigenvalue weighted by Gasteiger charge is 2.34. The van der Waals surface area contributed by atoms with Gasteiger partial charge in [-0.25, -0.2) is 8.42 Å². The fourth-order valence-corrected chi connectivity index (χ4v) is 5.30. The largest absolute Gasteiger partial charge is 0.382 e. The van der Waals surface area contributed by atoms with Gasteiger partial charge in [-0.15, -0.1) is 11.3 Å². The van der Waals surface area contributed by atoms with Gasteiger partial charge >= 0.3 is 0 Å². The van der Waals surface area contributed by atoms with Crippen molar-refractivity contribution in [2.24, 2.45) is 0 Å². The molecule has 3 heterocycles. The summed E-state index contributed by atoms with van der Waals surface area (Å²) in [7, 11) is -3.10. The Morgan fingerprint density at radius 1 is 1.42 bits per heavy atom. The van der Waals surface area contributed by atoms with E-state index in [1.807, 2.05) is 17.5 Å². The molecule has 1 saturated heterocycles. The summed E-state index contributed by atoms with van der Waals surface area (Å²) in [6.07, 6.45) is 2.31. The van der Waals surface area contributed by atoms with Gasteiger partial charge in [0.05, 0.1) is 17.0 Å². The number of thiophene rings is 1. The van der Waals surface area contributed by atoms with Crippen LogP contribution < -0.4 is 5.73 Å². The Morgan fingerprint density at radius 2 is 2.26 bits per heavy atom. The number of sulfone groups is 1. The molecule has 0 aliphatic carbocycles. The molecule has 0 bridgehead atoms. The van der Waals surface area contributed by atoms with Crippen LogP contribution in [0.15, 0.2) is 17.5 Å². The number of rotatable bonds is 2. The molecule has 1 aliphatic rings. The zero-order valence-corrected chi connectivity index (χ0v) is 11.9. The number of aromatic nitrogens is 2. The first-order chi connectivity index (χ1) is 9.09. The summed E-state index contributed by atoms with van der Waals surface area (Å²) >= 11 is 1.54. The summed E-state index contributed by atoms with van der Waals surface area (Å²) in [6.45, 7) is 0. The van der Waals surface area contributed by atoms with Gasteiger partial charge in [0.15, 0.2) is 15.7 Å². The van der Waals surface area contributed by atoms with Crippen molar-refractivity contribution in [2.45, 2.75) is 24.5 Å². The molecule has 1 atom stereocenters. The van der Waals surface area contributed by atoms with Crippen LogP contribution in [0.4, 0.5) is 5.82 Å². The smallest absolute Gasteiger partial charge is 0.158 e. The third kappa shape index (κ3) is 2.17. The lowest BCUT2D eigenvalue weighted by Crippen LogP contribution is -2.22. The Bertz CT molecular complexity index is 674. The average Bonchev–Trinajstić information content (AvgIpc) is 2.97. The SMILES string of the molecule is Nc1n[nH]c(C2CCCCS2(=O)=O)c1-c1cccs1. The molecule has 19 heavy (non-hydrogen) atoms. The van der Waals surface area contributed by atoms with Gasteiger partial charge < -0.3 is 5.73 Å². The molecular weight excluding hydrogens is 282 g/mol. The minimum absolute atomic E-state index is 0.250. The van der Waals surface area contributed by atoms with Crippen molar-refractivity contribution in [3.63, 3.8) is 0 Å². The molecule has 0 saturated carbocycles. The Labute approximate surface area is 115 Å². The number of nitrogens with one attached hydrogen (secondary N) is 1. The second kappa shape index (κ2) is 4.64. The molecule has 0 aromatic carbocycles. The van der Waals surface area contributed by atoms with Crippen LogP contribution in [0, 0.1) is 0 Å². The molecule has 2 aromatic heterocycles. The highest BCUT2D eigenvalue weighted by Crippen LogP contribution is 2.41. The second-order valence-electron chi connectivity index (χ2n) is 4.73. The number of H-pyrrole nitrogens is 1. The fraction of sp³-hybridized carbons (Fsp3) is 0.417. The number of nitrogens with zero attached hydrogens (tertiary/aromatic N) is 1. The number of nitrogen functional groups attached to an aromatic ring is 1. The summed E-state index contributed by atoms with van der Waals surface area (Å²) in [4.78, 5) is 0.960. The van der Waals surface area contributed by atoms with Crippen LogP contribution in [0.2, 0.25) is 0 Å². The van der Waals surface area contributed by atoms with Crippen molar-refractivity contribution in [3.05, 3.63) is 23.2 Å². The van der Waals surface area contributed by atoms with Crippen molar-refractivity contribution in [2.75, 3.05) is 11.5 Å². The summed E-state index contributed by atoms with van der Waals surface area (Å²) in [5.74, 6) is 0.624. The summed E-state index contributed by atoms with van der Waals surface area (Å²) in [5.41, 5.74) is 7.30. The standard InChI is InChI=1S/C12H15N3O2S2/c13-12-10(8-4-3-6-18-8)11(14-15-12)9-5-1-2-7-19(9,16)17/h3-4,6,9H,1-2,5,7H2,(H3,13,14,15). The molecular formula is C12H15N3O2S2. The van der Waals surface area contributed by atoms with E-state index in [0.29, 0.717) is 17.9 Å². The van der Waals surface area contributed by atoms with E-state index in [9.17, 15) is 8.42 Å². The Hall–Kier alpha value is -1.34. The summed E-state index contributed by atoms with van der Waals surface area (Å²) in [6, 6.07) is 3.86. The minimum atomic E-state index is -3.10. The third-order valence-corrected chi connectivity index (χ3v) is 6.57. The molecule has 0 spiro atoms. The first-order valence-electron chi connectivity index (χ1n) is 6.19. The lowest BCUT2D eigenvalue weighted by molar-refractivity contribution is 0.542. The number of anilines is 1. The van der Waals surface area contributed by atoms with Crippen LogP contribution in [0.25, 0.3) is 10.4 Å². The van der Waals surface area contributed by atoms with E-state index in [1.54, 1.807) is 0 Å². The maximum absolute atomic E-state index is 12.2. The number of hydrogen-bond acceptors (Lipinski definition) is 5. The maximum Gasteiger partial charge on any atom is 0.158 e. The predicted octanol–water partition coefficient (Wildman–Crippen LogP) is 2.36. The fourth-order valence-electron chi connectivity index (χ4n) is 2.56. The lowest BCUT2D eigenvalue weighted by Gasteiger charge is -2.22. The van der Waals surface area contributed by atoms with E-state index in [1.165, 1.54) is 11.3 Å². The van der Waals surface area contributed by atoms with E-state index >= 15 is 0 Å². The van der Waals surface area contributed by atoms with E-state index in [0.717, 1.165) is 23.3 Å². The van der Waals surface area contributed by atoms with Gasteiger partial charge in [0.2, 0.25) is 0 Å². The second-order valence-corrected chi connectivity index (χ2v) is 7.98. The van der Waals surface area contributed by atoms with Crippen LogP contribution in [-0.4, -0.2) is 24.4 Å². The highest BCUT2D eigenvalue weighted by molar-refractivity contribution is 7.91. The van der Waals surface area contributed by atoms with Crippen LogP contribution in [0.3, 0.4) is 0 Å². The molecule has 102 valence electrons. The van der Waals surface area contributed by atoms with Gasteiger partial charge in [-0.2, -0.15) is 5.10 Å². The normalized spacial score (nSPS) is 22.4. The Kier molecular flexibility index (Phi) is 3.10. The van der Waals surface area contributed by atoms with E-state index in [2.05, 4.69) is 10.2 Å². The van der Waals surface area contributed by atoms with Gasteiger partial charge in [-0.05, 0) is 24.3 Å². The molecule has 0 radical (unpaired) electrons. The minimum Gasteiger partial charge on any atom is -0.382 e. The van der Waals surface area contributed by atoms with Crippen LogP contribution in [0.1, 0.15) is 30.2 Å². The Morgan fingerprint density at radius 3 is 2.95 bits per heavy atom. The molecule has 1 aliphatic heterocycles. The average molecular weight is 297 g/mol. The van der Waals surface area contributed by atoms with Crippen molar-refractivity contribution >= 4 is 27.0 Å². The zero-order valence-electron chi connectivity index (χ0n) is 10.3. The first kappa shape index (κ1) is 12.7. The lowest BCUT2D eigenvalue weighted by atomic mass is 10.1. The topological polar surface area (TPSA) is 88.8 Å². The molecule has 7 heteroatoms. The number of aromatic amines is 1. The summed E-state index contributed by atoms with van der Waals surface area (Å²) < 4.78 is 24.5. The molecule has 3 N–H and O–H groups in total. The number of hydrogen-bond donors (Lipinski definition) is 2. The Balaban J connectivity index is 2.11. The van der Waals surface area contributed by atoms with E-state index in [4.69, 9.17) is 5.73 Å². The molecule has 5 nitrogen and oxygen atoms in total. The van der Waals surface area contributed by atoms with Gasteiger partial charge in [-0.1, -0.05) is 12.5 Å². The monoisotopic (exact) mass is 297 g/mol. The van der Waals surface area contributed by atoms with Gasteiger partial charge in [0, 0.05) is 4.88 Å². The predicted molar refractivity (Wildman–Crippen MR) is 76.7 cm³/mol. The molecule has 3 rings (SSSR count). The van der Waals surface area contributed by atoms with Crippen LogP contribution in [-0.2, 0) is 9.84 Å². The molecule has 2 aromatic rings. The quantitative estimate of drug-likeness (QED) is 0.890. The van der Waals surface area contributed by atoms with Crippen molar-refractivity contribution < 1.29 is 8.42 Å². The van der Waals surface area contributed by atoms with Crippen molar-refractivity contribution in [1.82, 2.24) is 10.2 Å². The molecule has 0 amide bonds. The zero-order chi connectivity index (χ0) is 13.5. The summed E-state index contributed by atoms with van der Waals surface area (Å²) in [5, 5.41) is 8.30. The molecule has 1 unspecified atom stereocenters. The third-order valence-electron chi connectivity index (χ3n) is 3.49. The highest BCUT2D eigenvalue weighted by atomic mass is 32.2. The number of nitrogens with two attached hydrogens (primary N) is 1. The van der Waals surface area contributed by atoms with Gasteiger partial charge in [-0.3, -0.25) is 5.10 Å². The molecule has 1 fully saturated rings. The van der Waals surface area contributed by atoms with E-state index < -0.39 is 15.1 Å². The van der Waals surface area contributed by atoms with E-state index in [-0.39, 0.29) is 5.75 Å². The van der Waals surface area contributed by atoms with Crippen molar-refractivity contribution in [1.29, 1.82) is 0 Å². The van der Waals surface area contributed by atoms with Crippen LogP contribution in [0.5, 0.6) is 0 Å². The van der Waals surface area contributed by atoms with Gasteiger partial charge in [0.1, 0.15) is 5.25 Å². The van der Waals surface area contributed by atoms with Crippen molar-refractivity contribution in [3.8, 4) is 10.4 Å².